The van der Waals surface area contributed by atoms with Crippen molar-refractivity contribution in [2.45, 2.75) is 39.2 Å². The minimum atomic E-state index is -0.315. The van der Waals surface area contributed by atoms with Crippen molar-refractivity contribution in [1.82, 2.24) is 4.90 Å². The van der Waals surface area contributed by atoms with Gasteiger partial charge in [-0.3, -0.25) is 0 Å². The summed E-state index contributed by atoms with van der Waals surface area (Å²) in [6.45, 7) is 7.81. The van der Waals surface area contributed by atoms with Crippen LogP contribution in [0.25, 0.3) is 0 Å². The van der Waals surface area contributed by atoms with E-state index in [-0.39, 0.29) is 6.10 Å². The minimum Gasteiger partial charge on any atom is -0.388 e. The molecule has 0 saturated carbocycles. The normalized spacial score (nSPS) is 19.9. The number of benzene rings is 1. The largest absolute Gasteiger partial charge is 0.388 e. The maximum absolute atomic E-state index is 10.2. The lowest BCUT2D eigenvalue weighted by Gasteiger charge is -2.30. The van der Waals surface area contributed by atoms with E-state index in [1.165, 1.54) is 31.5 Å². The molecule has 0 radical (unpaired) electrons. The standard InChI is InChI=1S/C16H25NO/c1-13-3-5-15(6-4-13)16(18)9-12-17-10-7-14(2)8-11-17/h3-6,14,16,18H,7-12H2,1-2H3. The number of nitrogens with zero attached hydrogens (tertiary/aromatic N) is 1. The molecule has 0 bridgehead atoms. The Bertz CT molecular complexity index is 352. The minimum absolute atomic E-state index is 0.315. The Labute approximate surface area is 111 Å². The van der Waals surface area contributed by atoms with E-state index in [9.17, 15) is 5.11 Å². The molecule has 2 rings (SSSR count). The molecule has 1 heterocycles. The van der Waals surface area contributed by atoms with Crippen molar-refractivity contribution >= 4 is 0 Å². The van der Waals surface area contributed by atoms with E-state index in [1.807, 2.05) is 12.1 Å². The highest BCUT2D eigenvalue weighted by Crippen LogP contribution is 2.20. The SMILES string of the molecule is Cc1ccc(C(O)CCN2CCC(C)CC2)cc1. The first kappa shape index (κ1) is 13.6. The number of likely N-dealkylation sites (tertiary alicyclic amines) is 1. The van der Waals surface area contributed by atoms with Gasteiger partial charge in [-0.2, -0.15) is 0 Å². The van der Waals surface area contributed by atoms with Gasteiger partial charge in [-0.15, -0.1) is 0 Å². The molecular weight excluding hydrogens is 222 g/mol. The summed E-state index contributed by atoms with van der Waals surface area (Å²) in [6.07, 6.45) is 3.14. The van der Waals surface area contributed by atoms with Crippen molar-refractivity contribution in [3.05, 3.63) is 35.4 Å². The van der Waals surface area contributed by atoms with Gasteiger partial charge >= 0.3 is 0 Å². The molecule has 1 aliphatic heterocycles. The maximum Gasteiger partial charge on any atom is 0.0802 e. The molecule has 2 nitrogen and oxygen atoms in total. The Balaban J connectivity index is 1.77. The summed E-state index contributed by atoms with van der Waals surface area (Å²) in [5, 5.41) is 10.2. The quantitative estimate of drug-likeness (QED) is 0.883. The van der Waals surface area contributed by atoms with Crippen molar-refractivity contribution < 1.29 is 5.11 Å². The number of rotatable bonds is 4. The molecule has 1 saturated heterocycles. The summed E-state index contributed by atoms with van der Waals surface area (Å²) in [6, 6.07) is 8.22. The molecule has 1 unspecified atom stereocenters. The van der Waals surface area contributed by atoms with Gasteiger partial charge in [-0.1, -0.05) is 36.8 Å². The Morgan fingerprint density at radius 1 is 1.22 bits per heavy atom. The second kappa shape index (κ2) is 6.35. The van der Waals surface area contributed by atoms with Crippen molar-refractivity contribution in [3.63, 3.8) is 0 Å². The van der Waals surface area contributed by atoms with Crippen LogP contribution < -0.4 is 0 Å². The fourth-order valence-corrected chi connectivity index (χ4v) is 2.55. The van der Waals surface area contributed by atoms with Crippen LogP contribution in [0, 0.1) is 12.8 Å². The average Bonchev–Trinajstić information content (AvgIpc) is 2.38. The molecule has 0 spiro atoms. The van der Waals surface area contributed by atoms with Crippen molar-refractivity contribution in [2.24, 2.45) is 5.92 Å². The molecule has 100 valence electrons. The summed E-state index contributed by atoms with van der Waals surface area (Å²) in [4.78, 5) is 2.48. The number of piperidine rings is 1. The smallest absolute Gasteiger partial charge is 0.0802 e. The first-order chi connectivity index (χ1) is 8.65. The van der Waals surface area contributed by atoms with Crippen molar-refractivity contribution in [1.29, 1.82) is 0 Å². The van der Waals surface area contributed by atoms with Crippen LogP contribution in [0.15, 0.2) is 24.3 Å². The highest BCUT2D eigenvalue weighted by atomic mass is 16.3. The van der Waals surface area contributed by atoms with E-state index < -0.39 is 0 Å². The number of aryl methyl sites for hydroxylation is 1. The molecule has 0 aliphatic carbocycles. The zero-order valence-corrected chi connectivity index (χ0v) is 11.6. The lowest BCUT2D eigenvalue weighted by molar-refractivity contribution is 0.125. The fourth-order valence-electron chi connectivity index (χ4n) is 2.55. The Hall–Kier alpha value is -0.860. The van der Waals surface area contributed by atoms with Crippen LogP contribution in [0.3, 0.4) is 0 Å². The van der Waals surface area contributed by atoms with E-state index >= 15 is 0 Å². The summed E-state index contributed by atoms with van der Waals surface area (Å²) in [5.41, 5.74) is 2.29. The predicted molar refractivity (Wildman–Crippen MR) is 75.6 cm³/mol. The van der Waals surface area contributed by atoms with Crippen LogP contribution in [-0.2, 0) is 0 Å². The van der Waals surface area contributed by atoms with Gasteiger partial charge in [0.1, 0.15) is 0 Å². The van der Waals surface area contributed by atoms with Gasteiger partial charge in [-0.25, -0.2) is 0 Å². The van der Waals surface area contributed by atoms with Crippen LogP contribution in [0.2, 0.25) is 0 Å². The molecule has 1 aromatic carbocycles. The molecule has 1 fully saturated rings. The molecule has 1 aromatic rings. The van der Waals surface area contributed by atoms with Gasteiger partial charge < -0.3 is 10.0 Å². The number of hydrogen-bond donors (Lipinski definition) is 1. The van der Waals surface area contributed by atoms with Gasteiger partial charge in [0, 0.05) is 6.54 Å². The second-order valence-corrected chi connectivity index (χ2v) is 5.74. The van der Waals surface area contributed by atoms with E-state index in [2.05, 4.69) is 30.9 Å². The number of aliphatic hydroxyl groups excluding tert-OH is 1. The van der Waals surface area contributed by atoms with Gasteiger partial charge in [0.2, 0.25) is 0 Å². The molecule has 1 N–H and O–H groups in total. The fraction of sp³-hybridized carbons (Fsp3) is 0.625. The summed E-state index contributed by atoms with van der Waals surface area (Å²) < 4.78 is 0. The monoisotopic (exact) mass is 247 g/mol. The van der Waals surface area contributed by atoms with Gasteiger partial charge in [0.05, 0.1) is 6.10 Å². The van der Waals surface area contributed by atoms with E-state index in [1.54, 1.807) is 0 Å². The van der Waals surface area contributed by atoms with Gasteiger partial charge in [-0.05, 0) is 50.8 Å². The molecule has 0 aromatic heterocycles. The van der Waals surface area contributed by atoms with Crippen molar-refractivity contribution in [2.75, 3.05) is 19.6 Å². The van der Waals surface area contributed by atoms with Crippen LogP contribution in [0.4, 0.5) is 0 Å². The Morgan fingerprint density at radius 2 is 1.83 bits per heavy atom. The first-order valence-electron chi connectivity index (χ1n) is 7.12. The molecule has 0 amide bonds. The summed E-state index contributed by atoms with van der Waals surface area (Å²) in [5.74, 6) is 0.878. The molecule has 2 heteroatoms. The predicted octanol–water partition coefficient (Wildman–Crippen LogP) is 3.15. The zero-order chi connectivity index (χ0) is 13.0. The molecular formula is C16H25NO. The average molecular weight is 247 g/mol. The Kier molecular flexibility index (Phi) is 4.79. The third-order valence-corrected chi connectivity index (χ3v) is 4.06. The third-order valence-electron chi connectivity index (χ3n) is 4.06. The van der Waals surface area contributed by atoms with E-state index in [0.717, 1.165) is 24.4 Å². The van der Waals surface area contributed by atoms with E-state index in [4.69, 9.17) is 0 Å². The van der Waals surface area contributed by atoms with Gasteiger partial charge in [0.25, 0.3) is 0 Å². The van der Waals surface area contributed by atoms with E-state index in [0.29, 0.717) is 0 Å². The lowest BCUT2D eigenvalue weighted by Crippen LogP contribution is -2.34. The summed E-state index contributed by atoms with van der Waals surface area (Å²) in [7, 11) is 0. The highest BCUT2D eigenvalue weighted by molar-refractivity contribution is 5.22. The van der Waals surface area contributed by atoms with Crippen LogP contribution in [0.1, 0.15) is 43.4 Å². The molecule has 1 aliphatic rings. The Morgan fingerprint density at radius 3 is 2.44 bits per heavy atom. The third kappa shape index (κ3) is 3.82. The lowest BCUT2D eigenvalue weighted by atomic mass is 9.98. The van der Waals surface area contributed by atoms with Gasteiger partial charge in [0.15, 0.2) is 0 Å². The topological polar surface area (TPSA) is 23.5 Å². The van der Waals surface area contributed by atoms with Crippen LogP contribution in [0.5, 0.6) is 0 Å². The summed E-state index contributed by atoms with van der Waals surface area (Å²) >= 11 is 0. The number of hydrogen-bond acceptors (Lipinski definition) is 2. The maximum atomic E-state index is 10.2. The molecule has 18 heavy (non-hydrogen) atoms. The number of aliphatic hydroxyl groups is 1. The van der Waals surface area contributed by atoms with Crippen LogP contribution >= 0.6 is 0 Å². The second-order valence-electron chi connectivity index (χ2n) is 5.74. The molecule has 1 atom stereocenters. The van der Waals surface area contributed by atoms with Crippen molar-refractivity contribution in [3.8, 4) is 0 Å². The zero-order valence-electron chi connectivity index (χ0n) is 11.6. The highest BCUT2D eigenvalue weighted by Gasteiger charge is 2.16. The first-order valence-corrected chi connectivity index (χ1v) is 7.12. The van der Waals surface area contributed by atoms with Crippen LogP contribution in [-0.4, -0.2) is 29.6 Å².